The van der Waals surface area contributed by atoms with Gasteiger partial charge in [0.15, 0.2) is 0 Å². The van der Waals surface area contributed by atoms with Crippen molar-refractivity contribution in [1.29, 1.82) is 0 Å². The van der Waals surface area contributed by atoms with Crippen molar-refractivity contribution in [2.45, 2.75) is 33.0 Å². The van der Waals surface area contributed by atoms with Crippen molar-refractivity contribution >= 4 is 6.03 Å². The predicted octanol–water partition coefficient (Wildman–Crippen LogP) is 4.88. The molecule has 0 saturated heterocycles. The van der Waals surface area contributed by atoms with E-state index in [4.69, 9.17) is 4.74 Å². The number of nitrogens with one attached hydrogen (secondary N) is 1. The fraction of sp³-hybridized carbons (Fsp3) is 0.250. The van der Waals surface area contributed by atoms with Crippen LogP contribution in [0.25, 0.3) is 11.1 Å². The molecule has 1 aromatic heterocycles. The maximum atomic E-state index is 12.7. The molecule has 0 aliphatic rings. The number of urea groups is 1. The average molecular weight is 389 g/mol. The minimum Gasteiger partial charge on any atom is -0.475 e. The van der Waals surface area contributed by atoms with Crippen molar-refractivity contribution in [3.8, 4) is 17.0 Å². The molecule has 3 aromatic rings. The van der Waals surface area contributed by atoms with Gasteiger partial charge < -0.3 is 15.0 Å². The number of ether oxygens (including phenoxy) is 1. The first kappa shape index (κ1) is 20.4. The largest absolute Gasteiger partial charge is 0.475 e. The average Bonchev–Trinajstić information content (AvgIpc) is 2.73. The van der Waals surface area contributed by atoms with Crippen LogP contribution in [0.5, 0.6) is 5.88 Å². The van der Waals surface area contributed by atoms with Crippen molar-refractivity contribution in [3.63, 3.8) is 0 Å². The van der Waals surface area contributed by atoms with Crippen LogP contribution in [0.4, 0.5) is 4.79 Å². The van der Waals surface area contributed by atoms with Crippen molar-refractivity contribution < 1.29 is 9.53 Å². The van der Waals surface area contributed by atoms with Gasteiger partial charge in [0.1, 0.15) is 0 Å². The third-order valence-electron chi connectivity index (χ3n) is 4.48. The van der Waals surface area contributed by atoms with Crippen LogP contribution in [0.1, 0.15) is 25.0 Å². The summed E-state index contributed by atoms with van der Waals surface area (Å²) in [7, 11) is 1.80. The first-order valence-corrected chi connectivity index (χ1v) is 9.77. The van der Waals surface area contributed by atoms with Gasteiger partial charge in [0.05, 0.1) is 6.10 Å². The molecule has 2 aromatic carbocycles. The molecule has 3 rings (SSSR count). The Hall–Kier alpha value is -3.34. The number of hydrogen-bond acceptors (Lipinski definition) is 3. The Morgan fingerprint density at radius 2 is 1.69 bits per heavy atom. The van der Waals surface area contributed by atoms with E-state index in [0.717, 1.165) is 22.3 Å². The molecule has 2 amide bonds. The summed E-state index contributed by atoms with van der Waals surface area (Å²) in [4.78, 5) is 18.6. The highest BCUT2D eigenvalue weighted by Crippen LogP contribution is 2.24. The van der Waals surface area contributed by atoms with Gasteiger partial charge in [0.2, 0.25) is 5.88 Å². The van der Waals surface area contributed by atoms with Gasteiger partial charge in [-0.05, 0) is 36.6 Å². The second kappa shape index (κ2) is 9.73. The summed E-state index contributed by atoms with van der Waals surface area (Å²) in [6.07, 6.45) is 1.71. The van der Waals surface area contributed by atoms with Crippen molar-refractivity contribution in [2.24, 2.45) is 0 Å². The fourth-order valence-corrected chi connectivity index (χ4v) is 3.08. The molecular weight excluding hydrogens is 362 g/mol. The van der Waals surface area contributed by atoms with Crippen molar-refractivity contribution in [2.75, 3.05) is 7.05 Å². The Morgan fingerprint density at radius 1 is 1.00 bits per heavy atom. The van der Waals surface area contributed by atoms with E-state index in [0.29, 0.717) is 19.0 Å². The molecule has 0 aliphatic heterocycles. The molecule has 0 unspecified atom stereocenters. The van der Waals surface area contributed by atoms with Crippen LogP contribution in [0.2, 0.25) is 0 Å². The second-order valence-corrected chi connectivity index (χ2v) is 7.17. The summed E-state index contributed by atoms with van der Waals surface area (Å²) in [5.74, 6) is 0.555. The van der Waals surface area contributed by atoms with Crippen LogP contribution in [0.3, 0.4) is 0 Å². The molecule has 1 heterocycles. The SMILES string of the molecule is CC(C)Oc1ncccc1CNC(=O)N(C)Cc1ccccc1-c1ccccc1. The molecule has 0 saturated carbocycles. The molecule has 1 N–H and O–H groups in total. The highest BCUT2D eigenvalue weighted by Gasteiger charge is 2.13. The van der Waals surface area contributed by atoms with Crippen molar-refractivity contribution in [3.05, 3.63) is 84.1 Å². The van der Waals surface area contributed by atoms with Crippen LogP contribution in [-0.4, -0.2) is 29.1 Å². The lowest BCUT2D eigenvalue weighted by Gasteiger charge is -2.20. The minimum atomic E-state index is -0.146. The van der Waals surface area contributed by atoms with E-state index < -0.39 is 0 Å². The van der Waals surface area contributed by atoms with Crippen LogP contribution < -0.4 is 10.1 Å². The molecular formula is C24H27N3O2. The molecule has 0 aliphatic carbocycles. The summed E-state index contributed by atoms with van der Waals surface area (Å²) in [5, 5.41) is 2.96. The Kier molecular flexibility index (Phi) is 6.85. The van der Waals surface area contributed by atoms with E-state index in [9.17, 15) is 4.79 Å². The fourth-order valence-electron chi connectivity index (χ4n) is 3.08. The number of carbonyl (C=O) groups excluding carboxylic acids is 1. The second-order valence-electron chi connectivity index (χ2n) is 7.17. The van der Waals surface area contributed by atoms with E-state index in [1.807, 2.05) is 56.3 Å². The molecule has 0 radical (unpaired) electrons. The van der Waals surface area contributed by atoms with Crippen LogP contribution in [0.15, 0.2) is 72.9 Å². The quantitative estimate of drug-likeness (QED) is 0.627. The van der Waals surface area contributed by atoms with E-state index in [1.165, 1.54) is 0 Å². The van der Waals surface area contributed by atoms with Crippen LogP contribution in [-0.2, 0) is 13.1 Å². The molecule has 5 nitrogen and oxygen atoms in total. The lowest BCUT2D eigenvalue weighted by atomic mass is 9.99. The van der Waals surface area contributed by atoms with E-state index in [2.05, 4.69) is 34.6 Å². The number of carbonyl (C=O) groups is 1. The van der Waals surface area contributed by atoms with E-state index >= 15 is 0 Å². The topological polar surface area (TPSA) is 54.5 Å². The van der Waals surface area contributed by atoms with Crippen LogP contribution >= 0.6 is 0 Å². The number of aromatic nitrogens is 1. The van der Waals surface area contributed by atoms with E-state index in [-0.39, 0.29) is 12.1 Å². The van der Waals surface area contributed by atoms with Crippen LogP contribution in [0, 0.1) is 0 Å². The Balaban J connectivity index is 1.66. The Labute approximate surface area is 172 Å². The molecule has 0 spiro atoms. The maximum Gasteiger partial charge on any atom is 0.317 e. The van der Waals surface area contributed by atoms with Gasteiger partial charge in [-0.3, -0.25) is 0 Å². The zero-order chi connectivity index (χ0) is 20.6. The standard InChI is InChI=1S/C24H27N3O2/c1-18(2)29-23-20(13-9-15-25-23)16-26-24(28)27(3)17-21-12-7-8-14-22(21)19-10-5-4-6-11-19/h4-15,18H,16-17H2,1-3H3,(H,26,28). The van der Waals surface area contributed by atoms with Crippen molar-refractivity contribution in [1.82, 2.24) is 15.2 Å². The smallest absolute Gasteiger partial charge is 0.317 e. The molecule has 5 heteroatoms. The summed E-state index contributed by atoms with van der Waals surface area (Å²) in [5.41, 5.74) is 4.23. The summed E-state index contributed by atoms with van der Waals surface area (Å²) in [6, 6.07) is 22.0. The Morgan fingerprint density at radius 3 is 2.45 bits per heavy atom. The first-order valence-electron chi connectivity index (χ1n) is 9.77. The predicted molar refractivity (Wildman–Crippen MR) is 116 cm³/mol. The monoisotopic (exact) mass is 389 g/mol. The molecule has 29 heavy (non-hydrogen) atoms. The normalized spacial score (nSPS) is 10.6. The zero-order valence-corrected chi connectivity index (χ0v) is 17.1. The van der Waals surface area contributed by atoms with Gasteiger partial charge in [0, 0.05) is 31.9 Å². The maximum absolute atomic E-state index is 12.7. The van der Waals surface area contributed by atoms with Gasteiger partial charge >= 0.3 is 6.03 Å². The highest BCUT2D eigenvalue weighted by atomic mass is 16.5. The lowest BCUT2D eigenvalue weighted by molar-refractivity contribution is 0.205. The lowest BCUT2D eigenvalue weighted by Crippen LogP contribution is -2.36. The van der Waals surface area contributed by atoms with Gasteiger partial charge in [-0.2, -0.15) is 0 Å². The number of rotatable bonds is 7. The molecule has 0 atom stereocenters. The third kappa shape index (κ3) is 5.57. The number of amides is 2. The number of hydrogen-bond donors (Lipinski definition) is 1. The summed E-state index contributed by atoms with van der Waals surface area (Å²) >= 11 is 0. The summed E-state index contributed by atoms with van der Waals surface area (Å²) in [6.45, 7) is 4.78. The number of nitrogens with zero attached hydrogens (tertiary/aromatic N) is 2. The third-order valence-corrected chi connectivity index (χ3v) is 4.48. The molecule has 0 bridgehead atoms. The van der Waals surface area contributed by atoms with Gasteiger partial charge in [-0.15, -0.1) is 0 Å². The summed E-state index contributed by atoms with van der Waals surface area (Å²) < 4.78 is 5.72. The first-order chi connectivity index (χ1) is 14.0. The zero-order valence-electron chi connectivity index (χ0n) is 17.1. The minimum absolute atomic E-state index is 0.0245. The number of benzene rings is 2. The highest BCUT2D eigenvalue weighted by molar-refractivity contribution is 5.75. The Bertz CT molecular complexity index is 942. The molecule has 0 fully saturated rings. The number of pyridine rings is 1. The molecule has 150 valence electrons. The van der Waals surface area contributed by atoms with E-state index in [1.54, 1.807) is 18.1 Å². The van der Waals surface area contributed by atoms with Gasteiger partial charge in [0.25, 0.3) is 0 Å². The van der Waals surface area contributed by atoms with Gasteiger partial charge in [-0.25, -0.2) is 9.78 Å². The van der Waals surface area contributed by atoms with Gasteiger partial charge in [-0.1, -0.05) is 60.7 Å².